The quantitative estimate of drug-likeness (QED) is 0.554. The predicted molar refractivity (Wildman–Crippen MR) is 55.7 cm³/mol. The van der Waals surface area contributed by atoms with Gasteiger partial charge in [-0.25, -0.2) is 0 Å². The van der Waals surface area contributed by atoms with Crippen LogP contribution in [0.2, 0.25) is 0 Å². The number of unbranched alkanes of at least 4 members (excludes halogenated alkanes) is 2. The van der Waals surface area contributed by atoms with Crippen LogP contribution < -0.4 is 0 Å². The third-order valence-electron chi connectivity index (χ3n) is 1.60. The maximum atomic E-state index is 2.30. The Kier molecular flexibility index (Phi) is 9.19. The van der Waals surface area contributed by atoms with Gasteiger partial charge in [0.1, 0.15) is 0 Å². The fourth-order valence-electron chi connectivity index (χ4n) is 0.834. The van der Waals surface area contributed by atoms with E-state index in [1.165, 1.54) is 25.7 Å². The fraction of sp³-hybridized carbons (Fsp3) is 1.00. The summed E-state index contributed by atoms with van der Waals surface area (Å²) in [7, 11) is 0.538. The van der Waals surface area contributed by atoms with Gasteiger partial charge in [0.2, 0.25) is 0 Å². The molecule has 10 heavy (non-hydrogen) atoms. The van der Waals surface area contributed by atoms with Crippen LogP contribution in [-0.2, 0) is 0 Å². The van der Waals surface area contributed by atoms with Crippen molar-refractivity contribution in [2.24, 2.45) is 0 Å². The van der Waals surface area contributed by atoms with Gasteiger partial charge in [0.05, 0.1) is 0 Å². The molecule has 0 amide bonds. The second kappa shape index (κ2) is 8.25. The Bertz CT molecular complexity index is 58.3. The van der Waals surface area contributed by atoms with Crippen molar-refractivity contribution in [3.8, 4) is 0 Å². The van der Waals surface area contributed by atoms with Gasteiger partial charge in [-0.2, -0.15) is 0 Å². The van der Waals surface area contributed by atoms with E-state index >= 15 is 0 Å². The van der Waals surface area contributed by atoms with Crippen LogP contribution in [0, 0.1) is 0 Å². The Morgan fingerprint density at radius 3 is 1.70 bits per heavy atom. The van der Waals surface area contributed by atoms with Crippen LogP contribution in [0.5, 0.6) is 0 Å². The summed E-state index contributed by atoms with van der Waals surface area (Å²) in [6.45, 7) is 4.59. The average molecular weight is 267 g/mol. The van der Waals surface area contributed by atoms with E-state index in [0.29, 0.717) is 8.08 Å². The molecule has 0 aliphatic rings. The zero-order chi connectivity index (χ0) is 7.82. The van der Waals surface area contributed by atoms with Gasteiger partial charge in [-0.05, 0) is 0 Å². The molecule has 2 radical (unpaired) electrons. The topological polar surface area (TPSA) is 0 Å². The van der Waals surface area contributed by atoms with Crippen LogP contribution in [0.1, 0.15) is 39.5 Å². The van der Waals surface area contributed by atoms with E-state index in [4.69, 9.17) is 0 Å². The van der Waals surface area contributed by atoms with Gasteiger partial charge in [0.15, 0.2) is 0 Å². The van der Waals surface area contributed by atoms with Crippen molar-refractivity contribution in [1.29, 1.82) is 0 Å². The van der Waals surface area contributed by atoms with Gasteiger partial charge >= 0.3 is 80.3 Å². The van der Waals surface area contributed by atoms with E-state index in [2.05, 4.69) is 13.8 Å². The fourth-order valence-corrected chi connectivity index (χ4v) is 5.63. The van der Waals surface area contributed by atoms with E-state index < -0.39 is 0 Å². The molecule has 0 aliphatic heterocycles. The van der Waals surface area contributed by atoms with E-state index in [-0.39, 0.29) is 0 Å². The summed E-state index contributed by atoms with van der Waals surface area (Å²) in [5.74, 6) is 3.13. The maximum absolute atomic E-state index is 2.30. The first kappa shape index (κ1) is 11.1. The van der Waals surface area contributed by atoms with Gasteiger partial charge in [-0.1, -0.05) is 0 Å². The molecule has 0 aromatic carbocycles. The molecule has 0 atom stereocenters. The van der Waals surface area contributed by atoms with Crippen molar-refractivity contribution in [1.82, 2.24) is 0 Å². The predicted octanol–water partition coefficient (Wildman–Crippen LogP) is 2.40. The standard InChI is InChI=1S/C8H18S.Sn.H/c1-3-5-7-9-8-6-4-2;;/h3-8H2,1-2H3;;/q;-1;/p+1. The SMILES string of the molecule is CCCC[SH]([SnH])CCCC. The van der Waals surface area contributed by atoms with Gasteiger partial charge < -0.3 is 0 Å². The Labute approximate surface area is 80.0 Å². The van der Waals surface area contributed by atoms with Gasteiger partial charge in [0.25, 0.3) is 0 Å². The van der Waals surface area contributed by atoms with E-state index in [1.807, 2.05) is 0 Å². The summed E-state index contributed by atoms with van der Waals surface area (Å²) in [6, 6.07) is 0. The van der Waals surface area contributed by atoms with Crippen molar-refractivity contribution in [2.45, 2.75) is 39.5 Å². The first-order valence-electron chi connectivity index (χ1n) is 4.30. The second-order valence-corrected chi connectivity index (χ2v) is 11.1. The molecule has 0 saturated heterocycles. The number of thiol groups is 1. The molecule has 0 N–H and O–H groups in total. The van der Waals surface area contributed by atoms with Crippen LogP contribution in [0.3, 0.4) is 0 Å². The normalized spacial score (nSPS) is 11.7. The van der Waals surface area contributed by atoms with E-state index in [0.717, 1.165) is 0 Å². The first-order valence-corrected chi connectivity index (χ1v) is 10.5. The number of hydrogen-bond donors (Lipinski definition) is 1. The van der Waals surface area contributed by atoms with Crippen molar-refractivity contribution in [3.63, 3.8) is 0 Å². The van der Waals surface area contributed by atoms with Crippen LogP contribution in [0.15, 0.2) is 0 Å². The minimum absolute atomic E-state index is 0.538. The first-order chi connectivity index (χ1) is 4.81. The average Bonchev–Trinajstić information content (AvgIpc) is 1.97. The third kappa shape index (κ3) is 7.26. The third-order valence-corrected chi connectivity index (χ3v) is 7.80. The molecule has 62 valence electrons. The molecule has 0 spiro atoms. The van der Waals surface area contributed by atoms with Crippen molar-refractivity contribution in [3.05, 3.63) is 0 Å². The van der Waals surface area contributed by atoms with Gasteiger partial charge in [0, 0.05) is 0 Å². The Hall–Kier alpha value is 1.15. The molecule has 0 aromatic heterocycles. The van der Waals surface area contributed by atoms with E-state index in [1.54, 1.807) is 32.6 Å². The monoisotopic (exact) mass is 268 g/mol. The zero-order valence-electron chi connectivity index (χ0n) is 7.27. The van der Waals surface area contributed by atoms with Crippen molar-refractivity contribution < 1.29 is 0 Å². The molecule has 0 aromatic rings. The molecule has 0 fully saturated rings. The van der Waals surface area contributed by atoms with Gasteiger partial charge in [-0.15, -0.1) is 0 Å². The van der Waals surface area contributed by atoms with Crippen molar-refractivity contribution >= 4 is 29.2 Å². The van der Waals surface area contributed by atoms with Gasteiger partial charge in [-0.3, -0.25) is 0 Å². The summed E-state index contributed by atoms with van der Waals surface area (Å²) in [5, 5.41) is 0. The Morgan fingerprint density at radius 2 is 1.40 bits per heavy atom. The molecule has 0 saturated carbocycles. The van der Waals surface area contributed by atoms with Crippen LogP contribution in [-0.4, -0.2) is 32.6 Å². The van der Waals surface area contributed by atoms with E-state index in [9.17, 15) is 0 Å². The molecule has 0 rings (SSSR count). The molecular formula is C8H20SSn. The molecule has 0 nitrogen and oxygen atoms in total. The number of hydrogen-bond acceptors (Lipinski definition) is 0. The summed E-state index contributed by atoms with van der Waals surface area (Å²) >= 11 is 1.54. The Balaban J connectivity index is 3.00. The summed E-state index contributed by atoms with van der Waals surface area (Å²) < 4.78 is 0. The molecule has 0 bridgehead atoms. The minimum atomic E-state index is 0.538. The summed E-state index contributed by atoms with van der Waals surface area (Å²) in [6.07, 6.45) is 5.75. The van der Waals surface area contributed by atoms with Crippen LogP contribution >= 0.6 is 8.08 Å². The molecule has 0 heterocycles. The van der Waals surface area contributed by atoms with Crippen LogP contribution in [0.25, 0.3) is 0 Å². The molecule has 0 aliphatic carbocycles. The summed E-state index contributed by atoms with van der Waals surface area (Å²) in [4.78, 5) is 0. The molecule has 0 unspecified atom stereocenters. The summed E-state index contributed by atoms with van der Waals surface area (Å²) in [5.41, 5.74) is 0. The molecule has 2 heteroatoms. The van der Waals surface area contributed by atoms with Crippen LogP contribution in [0.4, 0.5) is 0 Å². The second-order valence-electron chi connectivity index (χ2n) is 2.74. The Morgan fingerprint density at radius 1 is 1.00 bits per heavy atom. The zero-order valence-corrected chi connectivity index (χ0v) is 11.5. The molecular weight excluding hydrogens is 247 g/mol. The van der Waals surface area contributed by atoms with Crippen molar-refractivity contribution in [2.75, 3.05) is 11.5 Å². The number of rotatable bonds is 6.